The zero-order valence-electron chi connectivity index (χ0n) is 12.1. The van der Waals surface area contributed by atoms with Crippen LogP contribution in [0.25, 0.3) is 28.0 Å². The molecule has 0 atom stereocenters. The molecule has 5 rings (SSSR count). The fraction of sp³-hybridized carbons (Fsp3) is 0.176. The highest BCUT2D eigenvalue weighted by molar-refractivity contribution is 5.81. The number of fused-ring (bicyclic) bond motifs is 2. The molecule has 2 aromatic heterocycles. The monoisotopic (exact) mass is 310 g/mol. The molecule has 4 nitrogen and oxygen atoms in total. The van der Waals surface area contributed by atoms with Gasteiger partial charge in [-0.05, 0) is 37.1 Å². The summed E-state index contributed by atoms with van der Waals surface area (Å²) >= 11 is 0. The zero-order valence-corrected chi connectivity index (χ0v) is 12.1. The maximum Gasteiger partial charge on any atom is 0.217 e. The van der Waals surface area contributed by atoms with E-state index >= 15 is 0 Å². The Balaban J connectivity index is 1.87. The van der Waals surface area contributed by atoms with Gasteiger partial charge >= 0.3 is 0 Å². The topological polar surface area (TPSA) is 35.6 Å². The summed E-state index contributed by atoms with van der Waals surface area (Å²) in [6.45, 7) is 0. The van der Waals surface area contributed by atoms with Crippen molar-refractivity contribution in [3.63, 3.8) is 0 Å². The van der Waals surface area contributed by atoms with Gasteiger partial charge in [-0.2, -0.15) is 0 Å². The molecule has 23 heavy (non-hydrogen) atoms. The lowest BCUT2D eigenvalue weighted by Gasteiger charge is -2.09. The molecule has 0 aliphatic heterocycles. The van der Waals surface area contributed by atoms with Gasteiger partial charge in [0, 0.05) is 12.1 Å². The Bertz CT molecular complexity index is 1060. The van der Waals surface area contributed by atoms with Crippen molar-refractivity contribution < 1.29 is 8.78 Å². The van der Waals surface area contributed by atoms with Crippen molar-refractivity contribution in [2.24, 2.45) is 0 Å². The van der Waals surface area contributed by atoms with Crippen molar-refractivity contribution in [3.05, 3.63) is 54.4 Å². The average Bonchev–Trinajstić information content (AvgIpc) is 3.17. The molecule has 0 N–H and O–H groups in total. The van der Waals surface area contributed by atoms with Crippen LogP contribution in [0, 0.1) is 11.6 Å². The van der Waals surface area contributed by atoms with E-state index in [9.17, 15) is 8.78 Å². The van der Waals surface area contributed by atoms with Gasteiger partial charge in [-0.25, -0.2) is 18.7 Å². The van der Waals surface area contributed by atoms with Crippen LogP contribution in [-0.4, -0.2) is 19.1 Å². The molecule has 1 saturated carbocycles. The number of hydrogen-bond donors (Lipinski definition) is 0. The van der Waals surface area contributed by atoms with Gasteiger partial charge in [0.25, 0.3) is 0 Å². The molecular formula is C17H12F2N4. The number of rotatable bonds is 2. The van der Waals surface area contributed by atoms with E-state index in [1.54, 1.807) is 29.1 Å². The minimum atomic E-state index is -0.334. The summed E-state index contributed by atoms with van der Waals surface area (Å²) in [7, 11) is 0. The van der Waals surface area contributed by atoms with Crippen molar-refractivity contribution in [2.45, 2.75) is 18.9 Å². The Hall–Kier alpha value is -2.76. The van der Waals surface area contributed by atoms with E-state index in [1.807, 2.05) is 4.57 Å². The summed E-state index contributed by atoms with van der Waals surface area (Å²) in [5.41, 5.74) is 2.41. The van der Waals surface area contributed by atoms with Crippen molar-refractivity contribution in [2.75, 3.05) is 0 Å². The van der Waals surface area contributed by atoms with E-state index in [4.69, 9.17) is 0 Å². The lowest BCUT2D eigenvalue weighted by molar-refractivity contribution is 0.620. The molecule has 1 aliphatic rings. The number of imidazole rings is 2. The molecule has 114 valence electrons. The molecule has 2 aromatic carbocycles. The molecule has 4 aromatic rings. The van der Waals surface area contributed by atoms with Crippen LogP contribution in [0.1, 0.15) is 18.9 Å². The van der Waals surface area contributed by atoms with E-state index in [2.05, 4.69) is 9.97 Å². The van der Waals surface area contributed by atoms with Crippen molar-refractivity contribution in [3.8, 4) is 5.95 Å². The van der Waals surface area contributed by atoms with Gasteiger partial charge in [0.1, 0.15) is 23.5 Å². The highest BCUT2D eigenvalue weighted by atomic mass is 19.1. The summed E-state index contributed by atoms with van der Waals surface area (Å²) in [6, 6.07) is 9.55. The van der Waals surface area contributed by atoms with Gasteiger partial charge in [-0.1, -0.05) is 6.07 Å². The first kappa shape index (κ1) is 12.8. The maximum absolute atomic E-state index is 14.3. The molecule has 0 radical (unpaired) electrons. The van der Waals surface area contributed by atoms with E-state index in [0.29, 0.717) is 28.0 Å². The van der Waals surface area contributed by atoms with Crippen LogP contribution in [0.15, 0.2) is 42.7 Å². The molecule has 1 fully saturated rings. The van der Waals surface area contributed by atoms with E-state index < -0.39 is 0 Å². The summed E-state index contributed by atoms with van der Waals surface area (Å²) in [5, 5.41) is 0. The predicted octanol–water partition coefficient (Wildman–Crippen LogP) is 3.99. The molecule has 1 aliphatic carbocycles. The third-order valence-electron chi connectivity index (χ3n) is 4.28. The van der Waals surface area contributed by atoms with Crippen LogP contribution in [0.5, 0.6) is 0 Å². The smallest absolute Gasteiger partial charge is 0.217 e. The molecule has 0 amide bonds. The highest BCUT2D eigenvalue weighted by Crippen LogP contribution is 2.40. The first-order chi connectivity index (χ1) is 11.2. The third-order valence-corrected chi connectivity index (χ3v) is 4.28. The predicted molar refractivity (Wildman–Crippen MR) is 82.5 cm³/mol. The van der Waals surface area contributed by atoms with Gasteiger partial charge in [0.15, 0.2) is 0 Å². The number of benzene rings is 2. The summed E-state index contributed by atoms with van der Waals surface area (Å²) < 4.78 is 31.6. The number of halogens is 2. The van der Waals surface area contributed by atoms with Gasteiger partial charge in [0.05, 0.1) is 16.6 Å². The second kappa shape index (κ2) is 4.38. The molecule has 0 bridgehead atoms. The molecule has 0 spiro atoms. The molecule has 0 unspecified atom stereocenters. The Labute approximate surface area is 130 Å². The van der Waals surface area contributed by atoms with Crippen molar-refractivity contribution in [1.82, 2.24) is 19.1 Å². The maximum atomic E-state index is 14.3. The molecule has 2 heterocycles. The van der Waals surface area contributed by atoms with Crippen LogP contribution in [0.2, 0.25) is 0 Å². The third kappa shape index (κ3) is 1.81. The Morgan fingerprint density at radius 1 is 1.04 bits per heavy atom. The zero-order chi connectivity index (χ0) is 15.6. The molecular weight excluding hydrogens is 298 g/mol. The quantitative estimate of drug-likeness (QED) is 0.561. The lowest BCUT2D eigenvalue weighted by atomic mass is 10.3. The fourth-order valence-electron chi connectivity index (χ4n) is 3.08. The van der Waals surface area contributed by atoms with Crippen LogP contribution in [0.4, 0.5) is 8.78 Å². The van der Waals surface area contributed by atoms with Crippen LogP contribution in [-0.2, 0) is 0 Å². The van der Waals surface area contributed by atoms with Crippen LogP contribution >= 0.6 is 0 Å². The Kier molecular flexibility index (Phi) is 2.43. The SMILES string of the molecule is Fc1ccc2ncn(-c3nc4cccc(F)c4n3C3CC3)c2c1. The largest absolute Gasteiger partial charge is 0.304 e. The first-order valence-corrected chi connectivity index (χ1v) is 7.52. The van der Waals surface area contributed by atoms with Crippen molar-refractivity contribution in [1.29, 1.82) is 0 Å². The normalized spacial score (nSPS) is 14.9. The van der Waals surface area contributed by atoms with Gasteiger partial charge < -0.3 is 4.57 Å². The Morgan fingerprint density at radius 2 is 1.91 bits per heavy atom. The number of aromatic nitrogens is 4. The Morgan fingerprint density at radius 3 is 2.74 bits per heavy atom. The van der Waals surface area contributed by atoms with E-state index in [-0.39, 0.29) is 17.7 Å². The van der Waals surface area contributed by atoms with Gasteiger partial charge in [0.2, 0.25) is 5.95 Å². The van der Waals surface area contributed by atoms with E-state index in [1.165, 1.54) is 18.2 Å². The average molecular weight is 310 g/mol. The van der Waals surface area contributed by atoms with Crippen LogP contribution < -0.4 is 0 Å². The van der Waals surface area contributed by atoms with Crippen LogP contribution in [0.3, 0.4) is 0 Å². The van der Waals surface area contributed by atoms with E-state index in [0.717, 1.165) is 12.8 Å². The standard InChI is InChI=1S/C17H12F2N4/c18-10-4-7-13-15(8-10)22(9-20-13)17-21-14-3-1-2-12(19)16(14)23(17)11-5-6-11/h1-4,7-9,11H,5-6H2. The molecule has 6 heteroatoms. The minimum Gasteiger partial charge on any atom is -0.304 e. The van der Waals surface area contributed by atoms with Gasteiger partial charge in [-0.15, -0.1) is 0 Å². The summed E-state index contributed by atoms with van der Waals surface area (Å²) in [4.78, 5) is 8.88. The van der Waals surface area contributed by atoms with Crippen molar-refractivity contribution >= 4 is 22.1 Å². The van der Waals surface area contributed by atoms with Gasteiger partial charge in [-0.3, -0.25) is 4.57 Å². The first-order valence-electron chi connectivity index (χ1n) is 7.52. The number of para-hydroxylation sites is 1. The summed E-state index contributed by atoms with van der Waals surface area (Å²) in [6.07, 6.45) is 3.60. The summed E-state index contributed by atoms with van der Waals surface area (Å²) in [5.74, 6) is -0.0380. The minimum absolute atomic E-state index is 0.234. The highest BCUT2D eigenvalue weighted by Gasteiger charge is 2.30. The number of hydrogen-bond acceptors (Lipinski definition) is 2. The molecule has 0 saturated heterocycles. The second-order valence-corrected chi connectivity index (χ2v) is 5.87. The number of nitrogens with zero attached hydrogens (tertiary/aromatic N) is 4. The second-order valence-electron chi connectivity index (χ2n) is 5.87. The fourth-order valence-corrected chi connectivity index (χ4v) is 3.08. The lowest BCUT2D eigenvalue weighted by Crippen LogP contribution is -2.05.